The Bertz CT molecular complexity index is 860. The molecule has 0 radical (unpaired) electrons. The molecular formula is C22H28N4O3S. The number of hydrogen-bond acceptors (Lipinski definition) is 5. The largest absolute Gasteiger partial charge is 0.351 e. The molecule has 2 aromatic rings. The summed E-state index contributed by atoms with van der Waals surface area (Å²) in [4.78, 5) is 41.6. The molecule has 0 unspecified atom stereocenters. The van der Waals surface area contributed by atoms with E-state index in [1.54, 1.807) is 0 Å². The SMILES string of the molecule is CC(=O)NCc1ccc(C(=O)CCCN2CCN(C(=O)Nc3ccccc3)CC2)s1. The number of nitrogens with zero attached hydrogens (tertiary/aromatic N) is 2. The van der Waals surface area contributed by atoms with Crippen LogP contribution in [0.2, 0.25) is 0 Å². The van der Waals surface area contributed by atoms with Gasteiger partial charge in [0.25, 0.3) is 0 Å². The Hall–Kier alpha value is -2.71. The number of carbonyl (C=O) groups excluding carboxylic acids is 3. The Morgan fingerprint density at radius 1 is 1.00 bits per heavy atom. The summed E-state index contributed by atoms with van der Waals surface area (Å²) in [5, 5.41) is 5.67. The van der Waals surface area contributed by atoms with Gasteiger partial charge >= 0.3 is 6.03 Å². The molecule has 1 aliphatic rings. The molecule has 1 aromatic heterocycles. The average molecular weight is 429 g/mol. The molecular weight excluding hydrogens is 400 g/mol. The molecule has 8 heteroatoms. The number of urea groups is 1. The molecule has 0 atom stereocenters. The summed E-state index contributed by atoms with van der Waals surface area (Å²) in [6.45, 7) is 5.80. The third kappa shape index (κ3) is 6.67. The predicted molar refractivity (Wildman–Crippen MR) is 119 cm³/mol. The van der Waals surface area contributed by atoms with E-state index in [-0.39, 0.29) is 17.7 Å². The van der Waals surface area contributed by atoms with E-state index in [0.29, 0.717) is 26.1 Å². The molecule has 0 aliphatic carbocycles. The van der Waals surface area contributed by atoms with E-state index in [2.05, 4.69) is 15.5 Å². The van der Waals surface area contributed by atoms with Gasteiger partial charge < -0.3 is 15.5 Å². The Morgan fingerprint density at radius 3 is 2.43 bits per heavy atom. The summed E-state index contributed by atoms with van der Waals surface area (Å²) in [6, 6.07) is 13.1. The summed E-state index contributed by atoms with van der Waals surface area (Å²) in [7, 11) is 0. The second kappa shape index (κ2) is 10.9. The molecule has 0 saturated carbocycles. The van der Waals surface area contributed by atoms with Crippen molar-refractivity contribution in [3.63, 3.8) is 0 Å². The number of carbonyl (C=O) groups is 3. The van der Waals surface area contributed by atoms with E-state index < -0.39 is 0 Å². The highest BCUT2D eigenvalue weighted by Crippen LogP contribution is 2.19. The molecule has 1 saturated heterocycles. The molecule has 0 spiro atoms. The van der Waals surface area contributed by atoms with Crippen LogP contribution < -0.4 is 10.6 Å². The Labute approximate surface area is 181 Å². The second-order valence-corrected chi connectivity index (χ2v) is 8.50. The highest BCUT2D eigenvalue weighted by Gasteiger charge is 2.21. The lowest BCUT2D eigenvalue weighted by Gasteiger charge is -2.34. The molecule has 2 N–H and O–H groups in total. The van der Waals surface area contributed by atoms with Gasteiger partial charge in [0.1, 0.15) is 0 Å². The Kier molecular flexibility index (Phi) is 7.98. The van der Waals surface area contributed by atoms with Gasteiger partial charge in [-0.05, 0) is 37.2 Å². The summed E-state index contributed by atoms with van der Waals surface area (Å²) in [5.74, 6) is 0.0730. The van der Waals surface area contributed by atoms with Gasteiger partial charge in [0.15, 0.2) is 5.78 Å². The van der Waals surface area contributed by atoms with Crippen LogP contribution in [-0.4, -0.2) is 60.2 Å². The number of piperazine rings is 1. The standard InChI is InChI=1S/C22H28N4O3S/c1-17(27)23-16-19-9-10-21(30-19)20(28)8-5-11-25-12-14-26(15-13-25)22(29)24-18-6-3-2-4-7-18/h2-4,6-7,9-10H,5,8,11-16H2,1H3,(H,23,27)(H,24,29). The van der Waals surface area contributed by atoms with Gasteiger partial charge in [0.05, 0.1) is 11.4 Å². The predicted octanol–water partition coefficient (Wildman–Crippen LogP) is 3.20. The van der Waals surface area contributed by atoms with Crippen molar-refractivity contribution in [2.45, 2.75) is 26.3 Å². The van der Waals surface area contributed by atoms with E-state index >= 15 is 0 Å². The molecule has 7 nitrogen and oxygen atoms in total. The molecule has 1 fully saturated rings. The van der Waals surface area contributed by atoms with Crippen LogP contribution in [0.15, 0.2) is 42.5 Å². The van der Waals surface area contributed by atoms with Crippen LogP contribution in [0.25, 0.3) is 0 Å². The van der Waals surface area contributed by atoms with E-state index in [1.165, 1.54) is 18.3 Å². The lowest BCUT2D eigenvalue weighted by molar-refractivity contribution is -0.119. The van der Waals surface area contributed by atoms with Gasteiger partial charge in [0, 0.05) is 50.1 Å². The number of anilines is 1. The third-order valence-electron chi connectivity index (χ3n) is 5.01. The molecule has 30 heavy (non-hydrogen) atoms. The minimum atomic E-state index is -0.0751. The summed E-state index contributed by atoms with van der Waals surface area (Å²) in [6.07, 6.45) is 1.31. The fourth-order valence-electron chi connectivity index (χ4n) is 3.32. The van der Waals surface area contributed by atoms with Gasteiger partial charge in [-0.15, -0.1) is 11.3 Å². The summed E-state index contributed by atoms with van der Waals surface area (Å²) >= 11 is 1.44. The van der Waals surface area contributed by atoms with Crippen molar-refractivity contribution in [3.05, 3.63) is 52.2 Å². The number of amides is 3. The first-order valence-corrected chi connectivity index (χ1v) is 11.0. The van der Waals surface area contributed by atoms with Crippen molar-refractivity contribution in [2.75, 3.05) is 38.0 Å². The first-order valence-electron chi connectivity index (χ1n) is 10.2. The van der Waals surface area contributed by atoms with E-state index in [1.807, 2.05) is 47.4 Å². The number of nitrogens with one attached hydrogen (secondary N) is 2. The summed E-state index contributed by atoms with van der Waals surface area (Å²) < 4.78 is 0. The summed E-state index contributed by atoms with van der Waals surface area (Å²) in [5.41, 5.74) is 0.803. The van der Waals surface area contributed by atoms with Crippen LogP contribution in [0.5, 0.6) is 0 Å². The lowest BCUT2D eigenvalue weighted by atomic mass is 10.2. The van der Waals surface area contributed by atoms with Crippen LogP contribution in [0.3, 0.4) is 0 Å². The monoisotopic (exact) mass is 428 g/mol. The zero-order chi connectivity index (χ0) is 21.3. The molecule has 3 rings (SSSR count). The number of Topliss-reactive ketones (excluding diaryl/α,β-unsaturated/α-hetero) is 1. The maximum atomic E-state index is 12.4. The van der Waals surface area contributed by atoms with Crippen LogP contribution in [0, 0.1) is 0 Å². The average Bonchev–Trinajstić information content (AvgIpc) is 3.23. The minimum Gasteiger partial charge on any atom is -0.351 e. The van der Waals surface area contributed by atoms with Crippen molar-refractivity contribution in [3.8, 4) is 0 Å². The third-order valence-corrected chi connectivity index (χ3v) is 6.14. The molecule has 3 amide bonds. The fourth-order valence-corrected chi connectivity index (χ4v) is 4.23. The molecule has 1 aliphatic heterocycles. The highest BCUT2D eigenvalue weighted by molar-refractivity contribution is 7.14. The molecule has 2 heterocycles. The smallest absolute Gasteiger partial charge is 0.321 e. The maximum Gasteiger partial charge on any atom is 0.321 e. The number of ketones is 1. The number of para-hydroxylation sites is 1. The first-order chi connectivity index (χ1) is 14.5. The van der Waals surface area contributed by atoms with Crippen LogP contribution in [0.4, 0.5) is 10.5 Å². The topological polar surface area (TPSA) is 81.8 Å². The second-order valence-electron chi connectivity index (χ2n) is 7.33. The van der Waals surface area contributed by atoms with Gasteiger partial charge in [-0.25, -0.2) is 4.79 Å². The van der Waals surface area contributed by atoms with Gasteiger partial charge in [-0.1, -0.05) is 18.2 Å². The minimum absolute atomic E-state index is 0.0659. The van der Waals surface area contributed by atoms with Crippen molar-refractivity contribution in [2.24, 2.45) is 0 Å². The first kappa shape index (κ1) is 22.0. The zero-order valence-corrected chi connectivity index (χ0v) is 18.0. The van der Waals surface area contributed by atoms with E-state index in [9.17, 15) is 14.4 Å². The van der Waals surface area contributed by atoms with Crippen molar-refractivity contribution >= 4 is 34.7 Å². The number of hydrogen-bond donors (Lipinski definition) is 2. The number of rotatable bonds is 8. The van der Waals surface area contributed by atoms with Gasteiger partial charge in [-0.2, -0.15) is 0 Å². The molecule has 160 valence electrons. The van der Waals surface area contributed by atoms with Gasteiger partial charge in [0.2, 0.25) is 5.91 Å². The normalized spacial score (nSPS) is 14.4. The van der Waals surface area contributed by atoms with E-state index in [4.69, 9.17) is 0 Å². The van der Waals surface area contributed by atoms with Crippen LogP contribution in [-0.2, 0) is 11.3 Å². The van der Waals surface area contributed by atoms with Gasteiger partial charge in [-0.3, -0.25) is 14.5 Å². The van der Waals surface area contributed by atoms with E-state index in [0.717, 1.165) is 41.5 Å². The van der Waals surface area contributed by atoms with Crippen LogP contribution in [0.1, 0.15) is 34.3 Å². The van der Waals surface area contributed by atoms with Crippen molar-refractivity contribution in [1.29, 1.82) is 0 Å². The molecule has 1 aromatic carbocycles. The van der Waals surface area contributed by atoms with Crippen molar-refractivity contribution in [1.82, 2.24) is 15.1 Å². The quantitative estimate of drug-likeness (QED) is 0.633. The number of thiophene rings is 1. The Morgan fingerprint density at radius 2 is 1.73 bits per heavy atom. The zero-order valence-electron chi connectivity index (χ0n) is 17.2. The maximum absolute atomic E-state index is 12.4. The van der Waals surface area contributed by atoms with Crippen LogP contribution >= 0.6 is 11.3 Å². The Balaban J connectivity index is 1.34. The highest BCUT2D eigenvalue weighted by atomic mass is 32.1. The lowest BCUT2D eigenvalue weighted by Crippen LogP contribution is -2.50. The fraction of sp³-hybridized carbons (Fsp3) is 0.409. The number of benzene rings is 1. The molecule has 0 bridgehead atoms. The van der Waals surface area contributed by atoms with Crippen molar-refractivity contribution < 1.29 is 14.4 Å².